The van der Waals surface area contributed by atoms with Crippen molar-refractivity contribution in [2.75, 3.05) is 13.1 Å². The highest BCUT2D eigenvalue weighted by Gasteiger charge is 2.29. The largest absolute Gasteiger partial charge is 0.456 e. The zero-order valence-corrected chi connectivity index (χ0v) is 10.5. The van der Waals surface area contributed by atoms with Gasteiger partial charge in [-0.1, -0.05) is 0 Å². The Balaban J connectivity index is 2.21. The minimum absolute atomic E-state index is 0.00856. The Kier molecular flexibility index (Phi) is 3.52. The molecule has 0 radical (unpaired) electrons. The number of carbonyl (C=O) groups excluding carboxylic acids is 1. The Morgan fingerprint density at radius 1 is 1.53 bits per heavy atom. The van der Waals surface area contributed by atoms with Crippen LogP contribution in [-0.4, -0.2) is 29.9 Å². The lowest BCUT2D eigenvalue weighted by Crippen LogP contribution is -2.47. The van der Waals surface area contributed by atoms with E-state index in [0.717, 1.165) is 37.1 Å². The van der Waals surface area contributed by atoms with Gasteiger partial charge in [0, 0.05) is 24.7 Å². The molecule has 1 aliphatic heterocycles. The van der Waals surface area contributed by atoms with Crippen LogP contribution in [0.2, 0.25) is 0 Å². The number of carbonyl (C=O) groups is 1. The molecule has 17 heavy (non-hydrogen) atoms. The Morgan fingerprint density at radius 2 is 2.29 bits per heavy atom. The SMILES string of the molecule is Cc1cc(C)c(C(=O)N2CCCCC2CN)o1. The van der Waals surface area contributed by atoms with E-state index in [9.17, 15) is 4.79 Å². The van der Waals surface area contributed by atoms with Crippen molar-refractivity contribution in [2.24, 2.45) is 5.73 Å². The number of nitrogens with zero attached hydrogens (tertiary/aromatic N) is 1. The second-order valence-corrected chi connectivity index (χ2v) is 4.75. The average Bonchev–Trinajstić information content (AvgIpc) is 2.67. The highest BCUT2D eigenvalue weighted by atomic mass is 16.4. The normalized spacial score (nSPS) is 20.6. The Bertz CT molecular complexity index is 412. The van der Waals surface area contributed by atoms with E-state index < -0.39 is 0 Å². The fraction of sp³-hybridized carbons (Fsp3) is 0.615. The molecule has 1 saturated heterocycles. The van der Waals surface area contributed by atoms with Crippen LogP contribution in [0, 0.1) is 13.8 Å². The quantitative estimate of drug-likeness (QED) is 0.852. The number of furan rings is 1. The maximum Gasteiger partial charge on any atom is 0.290 e. The maximum atomic E-state index is 12.4. The van der Waals surface area contributed by atoms with Gasteiger partial charge in [0.25, 0.3) is 5.91 Å². The topological polar surface area (TPSA) is 59.5 Å². The lowest BCUT2D eigenvalue weighted by atomic mass is 10.0. The molecule has 1 amide bonds. The van der Waals surface area contributed by atoms with Gasteiger partial charge in [-0.15, -0.1) is 0 Å². The molecule has 0 aliphatic carbocycles. The van der Waals surface area contributed by atoms with Gasteiger partial charge >= 0.3 is 0 Å². The Morgan fingerprint density at radius 3 is 2.88 bits per heavy atom. The number of rotatable bonds is 2. The first-order valence-corrected chi connectivity index (χ1v) is 6.21. The summed E-state index contributed by atoms with van der Waals surface area (Å²) < 4.78 is 5.49. The minimum atomic E-state index is -0.00856. The van der Waals surface area contributed by atoms with Gasteiger partial charge in [-0.25, -0.2) is 0 Å². The molecule has 94 valence electrons. The molecule has 1 fully saturated rings. The van der Waals surface area contributed by atoms with Crippen LogP contribution in [0.4, 0.5) is 0 Å². The number of hydrogen-bond acceptors (Lipinski definition) is 3. The molecule has 0 saturated carbocycles. The molecule has 0 spiro atoms. The third-order valence-corrected chi connectivity index (χ3v) is 3.40. The Labute approximate surface area is 102 Å². The van der Waals surface area contributed by atoms with Crippen LogP contribution in [0.1, 0.15) is 41.1 Å². The smallest absolute Gasteiger partial charge is 0.290 e. The van der Waals surface area contributed by atoms with Crippen molar-refractivity contribution in [1.29, 1.82) is 0 Å². The van der Waals surface area contributed by atoms with Gasteiger partial charge in [-0.05, 0) is 39.2 Å². The number of piperidine rings is 1. The van der Waals surface area contributed by atoms with Crippen molar-refractivity contribution < 1.29 is 9.21 Å². The van der Waals surface area contributed by atoms with Crippen molar-refractivity contribution in [1.82, 2.24) is 4.90 Å². The van der Waals surface area contributed by atoms with Gasteiger partial charge in [0.2, 0.25) is 0 Å². The van der Waals surface area contributed by atoms with Crippen molar-refractivity contribution in [3.05, 3.63) is 23.2 Å². The van der Waals surface area contributed by atoms with E-state index in [1.807, 2.05) is 24.8 Å². The van der Waals surface area contributed by atoms with E-state index >= 15 is 0 Å². The number of nitrogens with two attached hydrogens (primary N) is 1. The average molecular weight is 236 g/mol. The second-order valence-electron chi connectivity index (χ2n) is 4.75. The number of hydrogen-bond donors (Lipinski definition) is 1. The third-order valence-electron chi connectivity index (χ3n) is 3.40. The fourth-order valence-corrected chi connectivity index (χ4v) is 2.50. The second kappa shape index (κ2) is 4.92. The van der Waals surface area contributed by atoms with E-state index in [1.165, 1.54) is 0 Å². The first-order chi connectivity index (χ1) is 8.13. The van der Waals surface area contributed by atoms with E-state index in [-0.39, 0.29) is 11.9 Å². The van der Waals surface area contributed by atoms with Gasteiger partial charge in [0.05, 0.1) is 0 Å². The summed E-state index contributed by atoms with van der Waals surface area (Å²) in [6.07, 6.45) is 3.21. The third kappa shape index (κ3) is 2.36. The molecule has 2 rings (SSSR count). The van der Waals surface area contributed by atoms with Crippen LogP contribution < -0.4 is 5.73 Å². The molecular weight excluding hydrogens is 216 g/mol. The van der Waals surface area contributed by atoms with Crippen LogP contribution in [-0.2, 0) is 0 Å². The van der Waals surface area contributed by atoms with Crippen LogP contribution >= 0.6 is 0 Å². The van der Waals surface area contributed by atoms with Crippen LogP contribution in [0.15, 0.2) is 10.5 Å². The zero-order chi connectivity index (χ0) is 12.4. The molecule has 0 aromatic carbocycles. The summed E-state index contributed by atoms with van der Waals surface area (Å²) in [6.45, 7) is 5.09. The number of likely N-dealkylation sites (tertiary alicyclic amines) is 1. The van der Waals surface area contributed by atoms with E-state index in [4.69, 9.17) is 10.2 Å². The highest BCUT2D eigenvalue weighted by Crippen LogP contribution is 2.22. The molecular formula is C13H20N2O2. The van der Waals surface area contributed by atoms with Gasteiger partial charge in [-0.2, -0.15) is 0 Å². The van der Waals surface area contributed by atoms with Gasteiger partial charge in [0.1, 0.15) is 5.76 Å². The summed E-state index contributed by atoms with van der Waals surface area (Å²) in [6, 6.07) is 2.07. The number of amides is 1. The van der Waals surface area contributed by atoms with Crippen LogP contribution in [0.3, 0.4) is 0 Å². The lowest BCUT2D eigenvalue weighted by Gasteiger charge is -2.34. The predicted octanol–water partition coefficient (Wildman–Crippen LogP) is 1.85. The predicted molar refractivity (Wildman–Crippen MR) is 65.9 cm³/mol. The first-order valence-electron chi connectivity index (χ1n) is 6.21. The van der Waals surface area contributed by atoms with Gasteiger partial charge in [-0.3, -0.25) is 4.79 Å². The Hall–Kier alpha value is -1.29. The van der Waals surface area contributed by atoms with Crippen molar-refractivity contribution in [2.45, 2.75) is 39.2 Å². The first kappa shape index (κ1) is 12.2. The molecule has 1 aromatic heterocycles. The van der Waals surface area contributed by atoms with E-state index in [2.05, 4.69) is 0 Å². The maximum absolute atomic E-state index is 12.4. The molecule has 1 aliphatic rings. The molecule has 2 heterocycles. The van der Waals surface area contributed by atoms with Crippen molar-refractivity contribution >= 4 is 5.91 Å². The zero-order valence-electron chi connectivity index (χ0n) is 10.5. The summed E-state index contributed by atoms with van der Waals surface area (Å²) >= 11 is 0. The van der Waals surface area contributed by atoms with Gasteiger partial charge in [0.15, 0.2) is 5.76 Å². The van der Waals surface area contributed by atoms with Crippen LogP contribution in [0.25, 0.3) is 0 Å². The summed E-state index contributed by atoms with van der Waals surface area (Å²) in [5, 5.41) is 0. The molecule has 1 atom stereocenters. The summed E-state index contributed by atoms with van der Waals surface area (Å²) in [5.74, 6) is 1.25. The van der Waals surface area contributed by atoms with Crippen molar-refractivity contribution in [3.8, 4) is 0 Å². The highest BCUT2D eigenvalue weighted by molar-refractivity contribution is 5.93. The standard InChI is InChI=1S/C13H20N2O2/c1-9-7-10(2)17-12(9)13(16)15-6-4-3-5-11(15)8-14/h7,11H,3-6,8,14H2,1-2H3. The molecule has 2 N–H and O–H groups in total. The molecule has 4 heteroatoms. The molecule has 0 bridgehead atoms. The molecule has 4 nitrogen and oxygen atoms in total. The number of aryl methyl sites for hydroxylation is 2. The van der Waals surface area contributed by atoms with Crippen LogP contribution in [0.5, 0.6) is 0 Å². The summed E-state index contributed by atoms with van der Waals surface area (Å²) in [5.41, 5.74) is 6.64. The monoisotopic (exact) mass is 236 g/mol. The van der Waals surface area contributed by atoms with E-state index in [0.29, 0.717) is 12.3 Å². The van der Waals surface area contributed by atoms with Crippen molar-refractivity contribution in [3.63, 3.8) is 0 Å². The van der Waals surface area contributed by atoms with Gasteiger partial charge < -0.3 is 15.1 Å². The molecule has 1 aromatic rings. The lowest BCUT2D eigenvalue weighted by molar-refractivity contribution is 0.0588. The summed E-state index contributed by atoms with van der Waals surface area (Å²) in [4.78, 5) is 14.2. The molecule has 1 unspecified atom stereocenters. The minimum Gasteiger partial charge on any atom is -0.456 e. The van der Waals surface area contributed by atoms with E-state index in [1.54, 1.807) is 0 Å². The summed E-state index contributed by atoms with van der Waals surface area (Å²) in [7, 11) is 0. The fourth-order valence-electron chi connectivity index (χ4n) is 2.50.